The van der Waals surface area contributed by atoms with E-state index in [4.69, 9.17) is 4.74 Å². The summed E-state index contributed by atoms with van der Waals surface area (Å²) in [6, 6.07) is -12.7. The fraction of sp³-hybridized carbons (Fsp3) is 0.800. The average Bonchev–Trinajstić information content (AvgIpc) is 2.43. The van der Waals surface area contributed by atoms with Gasteiger partial charge in [-0.3, -0.25) is 52.7 Å². The van der Waals surface area contributed by atoms with E-state index in [9.17, 15) is 38.7 Å². The molecule has 0 unspecified atom stereocenters. The van der Waals surface area contributed by atoms with E-state index < -0.39 is 155 Å². The van der Waals surface area contributed by atoms with Gasteiger partial charge in [-0.1, -0.05) is 116 Å². The zero-order valence-corrected chi connectivity index (χ0v) is 58.8. The maximum atomic E-state index is 15.3. The number of rotatable bonds is 18. The van der Waals surface area contributed by atoms with Crippen LogP contribution in [0.4, 0.5) is 0 Å². The highest BCUT2D eigenvalue weighted by Crippen LogP contribution is 2.26. The van der Waals surface area contributed by atoms with Crippen LogP contribution >= 0.6 is 0 Å². The molecule has 0 saturated carbocycles. The lowest BCUT2D eigenvalue weighted by Gasteiger charge is -2.41. The van der Waals surface area contributed by atoms with E-state index in [-0.39, 0.29) is 62.4 Å². The molecule has 24 nitrogen and oxygen atoms in total. The summed E-state index contributed by atoms with van der Waals surface area (Å²) in [7, 11) is 9.83. The molecule has 0 bridgehead atoms. The number of aliphatic hydroxyl groups is 1. The van der Waals surface area contributed by atoms with Gasteiger partial charge in [-0.05, 0) is 107 Å². The number of ether oxygens (including phenoxy) is 1. The van der Waals surface area contributed by atoms with Crippen LogP contribution in [0.5, 0.6) is 0 Å². The van der Waals surface area contributed by atoms with Crippen molar-refractivity contribution in [1.29, 1.82) is 0 Å². The highest BCUT2D eigenvalue weighted by Gasteiger charge is 2.46. The Morgan fingerprint density at radius 2 is 0.865 bits per heavy atom. The highest BCUT2D eigenvalue weighted by atomic mass is 16.5. The molecular weight excluding hydrogens is 1140 g/mol. The Morgan fingerprint density at radius 1 is 0.449 bits per heavy atom. The SMILES string of the molecule is C/C=C/C[C@@H](C)[C@@H](O)[C@H]1C(=O)N[C@@H](CC)C(=O)N(C)[C@H](OCCC)C(=O)N(C)[C@@H](CC(C)C)C(=O)N[C@@H](C(C)C)C(=O)N(C)[C@@H](CC(C)C)C(=O)N[C@@H](C)C(=O)N[C@H](C)C(=O)N(C)[C@@H](CC(C)C)C(=O)N(C)[C@@H](CC(C)C)C(=O)N(C)[C@@H](C(C)C)C(=O)N1C. The van der Waals surface area contributed by atoms with Crippen LogP contribution in [-0.4, -0.2) is 233 Å². The van der Waals surface area contributed by atoms with Gasteiger partial charge < -0.3 is 65.4 Å². The van der Waals surface area contributed by atoms with Gasteiger partial charge in [0.05, 0.1) is 6.10 Å². The molecule has 0 aromatic carbocycles. The lowest BCUT2D eigenvalue weighted by molar-refractivity contribution is -0.168. The van der Waals surface area contributed by atoms with E-state index in [2.05, 4.69) is 21.3 Å². The number of likely N-dealkylation sites (N-methyl/N-ethyl adjacent to an activating group) is 7. The Hall–Kier alpha value is -6.17. The Morgan fingerprint density at radius 3 is 1.30 bits per heavy atom. The lowest BCUT2D eigenvalue weighted by atomic mass is 9.91. The van der Waals surface area contributed by atoms with Gasteiger partial charge in [-0.15, -0.1) is 0 Å². The van der Waals surface area contributed by atoms with Gasteiger partial charge >= 0.3 is 0 Å². The monoisotopic (exact) mass is 1260 g/mol. The number of hydrogen-bond donors (Lipinski definition) is 5. The summed E-state index contributed by atoms with van der Waals surface area (Å²) in [4.78, 5) is 171. The molecule has 13 atom stereocenters. The number of carbonyl (C=O) groups is 11. The molecule has 11 amide bonds. The van der Waals surface area contributed by atoms with E-state index in [1.54, 1.807) is 67.5 Å². The van der Waals surface area contributed by atoms with Crippen LogP contribution in [0, 0.1) is 41.4 Å². The first-order chi connectivity index (χ1) is 41.2. The molecule has 0 aromatic heterocycles. The zero-order valence-electron chi connectivity index (χ0n) is 58.8. The Labute approximate surface area is 533 Å². The van der Waals surface area contributed by atoms with E-state index in [0.717, 1.165) is 9.80 Å². The molecule has 1 aliphatic heterocycles. The summed E-state index contributed by atoms with van der Waals surface area (Å²) < 4.78 is 6.12. The molecule has 5 N–H and O–H groups in total. The topological polar surface area (TPSA) is 288 Å². The molecule has 510 valence electrons. The molecule has 1 heterocycles. The second kappa shape index (κ2) is 37.2. The molecule has 0 spiro atoms. The second-order valence-electron chi connectivity index (χ2n) is 27.0. The summed E-state index contributed by atoms with van der Waals surface area (Å²) in [6.45, 7) is 31.6. The van der Waals surface area contributed by atoms with Crippen molar-refractivity contribution < 1.29 is 62.6 Å². The first kappa shape index (κ1) is 80.8. The summed E-state index contributed by atoms with van der Waals surface area (Å²) in [6.07, 6.45) is 1.62. The number of amides is 11. The third-order valence-corrected chi connectivity index (χ3v) is 16.7. The molecule has 1 aliphatic rings. The minimum atomic E-state index is -1.65. The number of carbonyl (C=O) groups excluding carboxylic acids is 11. The molecule has 1 fully saturated rings. The maximum Gasteiger partial charge on any atom is 0.273 e. The molecule has 1 rings (SSSR count). The fourth-order valence-electron chi connectivity index (χ4n) is 11.1. The van der Waals surface area contributed by atoms with Crippen LogP contribution < -0.4 is 21.3 Å². The van der Waals surface area contributed by atoms with Crippen molar-refractivity contribution in [2.45, 2.75) is 242 Å². The fourth-order valence-corrected chi connectivity index (χ4v) is 11.1. The van der Waals surface area contributed by atoms with Gasteiger partial charge in [0.1, 0.15) is 60.4 Å². The van der Waals surface area contributed by atoms with Crippen LogP contribution in [-0.2, 0) is 57.5 Å². The summed E-state index contributed by atoms with van der Waals surface area (Å²) in [5.74, 6) is -10.3. The number of nitrogens with one attached hydrogen (secondary N) is 4. The van der Waals surface area contributed by atoms with Crippen molar-refractivity contribution in [3.8, 4) is 0 Å². The largest absolute Gasteiger partial charge is 0.390 e. The van der Waals surface area contributed by atoms with Crippen molar-refractivity contribution in [1.82, 2.24) is 55.6 Å². The standard InChI is InChI=1S/C65H117N11O13/c1-26-29-30-42(16)53(77)52-57(81)68-45(28-3)59(83)76(25)65(89-31-27-2)64(88)71(20)47(33-37(6)7)56(80)69-50(40(12)13)62(86)70(19)46(32-36(4)5)55(79)66-43(17)54(78)67-44(18)58(82)72(21)48(34-38(8)9)60(84)73(22)49(35-39(10)11)61(85)74(23)51(41(14)15)63(87)75(52)24/h26,29,36-53,65,77H,27-28,30-35H2,1-25H3,(H,66,79)(H,67,78)(H,68,81)(H,69,80)/b29-26+/t42-,43+,44-,45+,46+,47+,48+,49+,50+,51+,52+,53-,65-/m1/s1. The van der Waals surface area contributed by atoms with E-state index in [1.807, 2.05) is 55.4 Å². The quantitative estimate of drug-likeness (QED) is 0.121. The molecule has 24 heteroatoms. The molecule has 1 saturated heterocycles. The molecule has 89 heavy (non-hydrogen) atoms. The summed E-state index contributed by atoms with van der Waals surface area (Å²) in [5.41, 5.74) is 0. The van der Waals surface area contributed by atoms with Gasteiger partial charge in [0.25, 0.3) is 5.91 Å². The van der Waals surface area contributed by atoms with Crippen LogP contribution in [0.15, 0.2) is 12.2 Å². The van der Waals surface area contributed by atoms with Gasteiger partial charge in [0.15, 0.2) is 0 Å². The number of allylic oxidation sites excluding steroid dienone is 2. The van der Waals surface area contributed by atoms with Gasteiger partial charge in [0.2, 0.25) is 65.3 Å². The van der Waals surface area contributed by atoms with Crippen molar-refractivity contribution in [2.75, 3.05) is 55.9 Å². The normalized spacial score (nSPS) is 27.1. The van der Waals surface area contributed by atoms with Crippen molar-refractivity contribution >= 4 is 65.0 Å². The van der Waals surface area contributed by atoms with Crippen LogP contribution in [0.2, 0.25) is 0 Å². The van der Waals surface area contributed by atoms with Crippen molar-refractivity contribution in [2.24, 2.45) is 41.4 Å². The van der Waals surface area contributed by atoms with Crippen LogP contribution in [0.3, 0.4) is 0 Å². The molecule has 0 aliphatic carbocycles. The van der Waals surface area contributed by atoms with E-state index >= 15 is 19.2 Å². The van der Waals surface area contributed by atoms with Crippen molar-refractivity contribution in [3.63, 3.8) is 0 Å². The first-order valence-corrected chi connectivity index (χ1v) is 32.2. The van der Waals surface area contributed by atoms with E-state index in [1.165, 1.54) is 87.7 Å². The predicted molar refractivity (Wildman–Crippen MR) is 344 cm³/mol. The third kappa shape index (κ3) is 22.6. The van der Waals surface area contributed by atoms with Gasteiger partial charge in [-0.25, -0.2) is 0 Å². The Kier molecular flexibility index (Phi) is 33.8. The van der Waals surface area contributed by atoms with Crippen LogP contribution in [0.1, 0.15) is 170 Å². The third-order valence-electron chi connectivity index (χ3n) is 16.7. The zero-order chi connectivity index (χ0) is 69.0. The summed E-state index contributed by atoms with van der Waals surface area (Å²) in [5, 5.41) is 23.2. The predicted octanol–water partition coefficient (Wildman–Crippen LogP) is 4.02. The highest BCUT2D eigenvalue weighted by molar-refractivity contribution is 6.00. The number of aliphatic hydroxyl groups excluding tert-OH is 1. The van der Waals surface area contributed by atoms with Crippen LogP contribution in [0.25, 0.3) is 0 Å². The van der Waals surface area contributed by atoms with Gasteiger partial charge in [0, 0.05) is 55.9 Å². The second-order valence-corrected chi connectivity index (χ2v) is 27.0. The van der Waals surface area contributed by atoms with E-state index in [0.29, 0.717) is 12.8 Å². The minimum absolute atomic E-state index is 0.00423. The first-order valence-electron chi connectivity index (χ1n) is 32.2. The lowest BCUT2D eigenvalue weighted by Crippen LogP contribution is -2.64. The minimum Gasteiger partial charge on any atom is -0.390 e. The number of hydrogen-bond acceptors (Lipinski definition) is 13. The number of nitrogens with zero attached hydrogens (tertiary/aromatic N) is 7. The van der Waals surface area contributed by atoms with Gasteiger partial charge in [-0.2, -0.15) is 0 Å². The molecular formula is C65H117N11O13. The Balaban J connectivity index is 4.48. The average molecular weight is 1260 g/mol. The van der Waals surface area contributed by atoms with Crippen molar-refractivity contribution in [3.05, 3.63) is 12.2 Å². The molecule has 0 aromatic rings. The smallest absolute Gasteiger partial charge is 0.273 e. The summed E-state index contributed by atoms with van der Waals surface area (Å²) >= 11 is 0. The maximum absolute atomic E-state index is 15.3. The Bertz CT molecular complexity index is 2420. The molecule has 0 radical (unpaired) electrons.